The summed E-state index contributed by atoms with van der Waals surface area (Å²) < 4.78 is 27.1. The molecule has 0 saturated heterocycles. The second kappa shape index (κ2) is 7.67. The monoisotopic (exact) mass is 456 g/mol. The molecule has 0 unspecified atom stereocenters. The number of amides is 1. The highest BCUT2D eigenvalue weighted by molar-refractivity contribution is 6.06. The minimum Gasteiger partial charge on any atom is -0.310 e. The lowest BCUT2D eigenvalue weighted by molar-refractivity contribution is -0.120. The number of hydrogen-bond donors (Lipinski definition) is 2. The Labute approximate surface area is 195 Å². The van der Waals surface area contributed by atoms with Gasteiger partial charge in [0.15, 0.2) is 0 Å². The van der Waals surface area contributed by atoms with Crippen LogP contribution in [0, 0.1) is 11.6 Å². The van der Waals surface area contributed by atoms with Crippen LogP contribution >= 0.6 is 0 Å². The third-order valence-corrected chi connectivity index (χ3v) is 7.03. The molecular formula is C27H22F2N4O. The highest BCUT2D eigenvalue weighted by atomic mass is 19.1. The Kier molecular flexibility index (Phi) is 4.71. The molecule has 7 heteroatoms. The number of carbonyl (C=O) groups excluding carboxylic acids is 1. The van der Waals surface area contributed by atoms with Crippen molar-refractivity contribution in [1.29, 1.82) is 0 Å². The molecule has 0 fully saturated rings. The van der Waals surface area contributed by atoms with E-state index < -0.39 is 17.0 Å². The zero-order valence-electron chi connectivity index (χ0n) is 18.5. The number of halogens is 2. The van der Waals surface area contributed by atoms with Gasteiger partial charge in [0.05, 0.1) is 10.9 Å². The van der Waals surface area contributed by atoms with E-state index in [9.17, 15) is 13.6 Å². The SMILES string of the molecule is C[C@H](NCc1cnc2cc3c(cc2c1)C[C@@]1(C3)C(=O)Nc2ncccc21)c1cc(F)cc(F)c1. The number of rotatable bonds is 4. The standard InChI is InChI=1S/C27H22F2N4O/c1-15(17-7-21(28)10-22(29)8-17)31-13-16-5-18-6-19-11-27(12-20(19)9-24(18)32-14-16)23-3-2-4-30-25(23)33-26(27)34/h2-10,14-15,31H,11-13H2,1H3,(H,30,33,34)/t15-,27-/m0/s1. The molecule has 6 rings (SSSR count). The molecular weight excluding hydrogens is 434 g/mol. The molecule has 0 radical (unpaired) electrons. The van der Waals surface area contributed by atoms with Crippen molar-refractivity contribution >= 4 is 22.6 Å². The van der Waals surface area contributed by atoms with Crippen LogP contribution in [0.15, 0.2) is 60.9 Å². The van der Waals surface area contributed by atoms with E-state index in [-0.39, 0.29) is 11.9 Å². The molecule has 34 heavy (non-hydrogen) atoms. The van der Waals surface area contributed by atoms with E-state index >= 15 is 0 Å². The molecule has 2 aromatic carbocycles. The Morgan fingerprint density at radius 2 is 1.82 bits per heavy atom. The van der Waals surface area contributed by atoms with Crippen molar-refractivity contribution < 1.29 is 13.6 Å². The number of fused-ring (bicyclic) bond motifs is 4. The number of hydrogen-bond acceptors (Lipinski definition) is 4. The molecule has 2 aromatic heterocycles. The van der Waals surface area contributed by atoms with Gasteiger partial charge < -0.3 is 10.6 Å². The van der Waals surface area contributed by atoms with Crippen molar-refractivity contribution in [2.45, 2.75) is 37.8 Å². The van der Waals surface area contributed by atoms with Crippen LogP contribution < -0.4 is 10.6 Å². The number of carbonyl (C=O) groups is 1. The number of nitrogens with one attached hydrogen (secondary N) is 2. The molecule has 1 spiro atoms. The number of nitrogens with zero attached hydrogens (tertiary/aromatic N) is 2. The van der Waals surface area contributed by atoms with Crippen LogP contribution in [0.25, 0.3) is 10.9 Å². The quantitative estimate of drug-likeness (QED) is 0.465. The highest BCUT2D eigenvalue weighted by Crippen LogP contribution is 2.47. The Hall–Kier alpha value is -3.71. The lowest BCUT2D eigenvalue weighted by Gasteiger charge is -2.20. The Bertz CT molecular complexity index is 1450. The summed E-state index contributed by atoms with van der Waals surface area (Å²) in [5.74, 6) is -0.514. The molecule has 2 aliphatic rings. The van der Waals surface area contributed by atoms with Gasteiger partial charge in [0.2, 0.25) is 5.91 Å². The summed E-state index contributed by atoms with van der Waals surface area (Å²) in [7, 11) is 0. The van der Waals surface area contributed by atoms with Crippen LogP contribution in [0.1, 0.15) is 40.8 Å². The van der Waals surface area contributed by atoms with E-state index in [1.807, 2.05) is 25.3 Å². The molecule has 0 bridgehead atoms. The number of anilines is 1. The van der Waals surface area contributed by atoms with E-state index in [1.54, 1.807) is 6.20 Å². The largest absolute Gasteiger partial charge is 0.310 e. The van der Waals surface area contributed by atoms with Gasteiger partial charge >= 0.3 is 0 Å². The molecule has 4 aromatic rings. The van der Waals surface area contributed by atoms with Gasteiger partial charge in [-0.05, 0) is 78.4 Å². The number of benzene rings is 2. The first-order valence-electron chi connectivity index (χ1n) is 11.3. The van der Waals surface area contributed by atoms with Gasteiger partial charge in [-0.25, -0.2) is 13.8 Å². The van der Waals surface area contributed by atoms with Gasteiger partial charge in [-0.2, -0.15) is 0 Å². The topological polar surface area (TPSA) is 66.9 Å². The average Bonchev–Trinajstić information content (AvgIpc) is 3.32. The maximum Gasteiger partial charge on any atom is 0.237 e. The van der Waals surface area contributed by atoms with Crippen molar-refractivity contribution in [2.75, 3.05) is 5.32 Å². The minimum absolute atomic E-state index is 0.00192. The summed E-state index contributed by atoms with van der Waals surface area (Å²) in [5, 5.41) is 7.26. The molecule has 170 valence electrons. The van der Waals surface area contributed by atoms with Crippen LogP contribution in [0.5, 0.6) is 0 Å². The predicted molar refractivity (Wildman–Crippen MR) is 125 cm³/mol. The van der Waals surface area contributed by atoms with Crippen molar-refractivity contribution in [3.63, 3.8) is 0 Å². The van der Waals surface area contributed by atoms with E-state index in [2.05, 4.69) is 38.8 Å². The fraction of sp³-hybridized carbons (Fsp3) is 0.222. The normalized spacial score (nSPS) is 19.3. The van der Waals surface area contributed by atoms with E-state index in [1.165, 1.54) is 12.1 Å². The Morgan fingerprint density at radius 1 is 1.06 bits per heavy atom. The molecule has 5 nitrogen and oxygen atoms in total. The highest BCUT2D eigenvalue weighted by Gasteiger charge is 2.51. The van der Waals surface area contributed by atoms with Gasteiger partial charge in [0.1, 0.15) is 17.5 Å². The van der Waals surface area contributed by atoms with Crippen molar-refractivity contribution in [2.24, 2.45) is 0 Å². The lowest BCUT2D eigenvalue weighted by atomic mass is 9.79. The summed E-state index contributed by atoms with van der Waals surface area (Å²) >= 11 is 0. The van der Waals surface area contributed by atoms with Crippen LogP contribution in [0.4, 0.5) is 14.6 Å². The van der Waals surface area contributed by atoms with Gasteiger partial charge in [-0.15, -0.1) is 0 Å². The molecule has 0 saturated carbocycles. The predicted octanol–water partition coefficient (Wildman–Crippen LogP) is 4.75. The summed E-state index contributed by atoms with van der Waals surface area (Å²) in [4.78, 5) is 21.9. The summed E-state index contributed by atoms with van der Waals surface area (Å²) in [5.41, 5.74) is 5.04. The Balaban J connectivity index is 1.25. The lowest BCUT2D eigenvalue weighted by Crippen LogP contribution is -2.35. The Morgan fingerprint density at radius 3 is 2.62 bits per heavy atom. The zero-order valence-corrected chi connectivity index (χ0v) is 18.5. The van der Waals surface area contributed by atoms with Crippen molar-refractivity contribution in [1.82, 2.24) is 15.3 Å². The van der Waals surface area contributed by atoms with Gasteiger partial charge in [0.25, 0.3) is 0 Å². The maximum absolute atomic E-state index is 13.5. The summed E-state index contributed by atoms with van der Waals surface area (Å²) in [6.07, 6.45) is 4.77. The first kappa shape index (κ1) is 20.9. The van der Waals surface area contributed by atoms with Crippen molar-refractivity contribution in [3.05, 3.63) is 100 Å². The molecule has 1 aliphatic heterocycles. The molecule has 3 heterocycles. The third kappa shape index (κ3) is 3.35. The van der Waals surface area contributed by atoms with Crippen LogP contribution in [-0.4, -0.2) is 15.9 Å². The maximum atomic E-state index is 13.5. The van der Waals surface area contributed by atoms with Gasteiger partial charge in [-0.3, -0.25) is 9.78 Å². The fourth-order valence-corrected chi connectivity index (χ4v) is 5.26. The summed E-state index contributed by atoms with van der Waals surface area (Å²) in [6, 6.07) is 13.5. The van der Waals surface area contributed by atoms with E-state index in [4.69, 9.17) is 0 Å². The van der Waals surface area contributed by atoms with E-state index in [0.717, 1.165) is 39.2 Å². The first-order chi connectivity index (χ1) is 16.4. The van der Waals surface area contributed by atoms with Crippen LogP contribution in [-0.2, 0) is 29.6 Å². The second-order valence-electron chi connectivity index (χ2n) is 9.25. The number of pyridine rings is 2. The molecule has 2 N–H and O–H groups in total. The van der Waals surface area contributed by atoms with Gasteiger partial charge in [-0.1, -0.05) is 6.07 Å². The average molecular weight is 456 g/mol. The number of aromatic nitrogens is 2. The molecule has 2 atom stereocenters. The van der Waals surface area contributed by atoms with Crippen molar-refractivity contribution in [3.8, 4) is 0 Å². The molecule has 1 amide bonds. The second-order valence-corrected chi connectivity index (χ2v) is 9.25. The van der Waals surface area contributed by atoms with Gasteiger partial charge in [0, 0.05) is 42.0 Å². The summed E-state index contributed by atoms with van der Waals surface area (Å²) in [6.45, 7) is 2.37. The fourth-order valence-electron chi connectivity index (χ4n) is 5.26. The smallest absolute Gasteiger partial charge is 0.237 e. The minimum atomic E-state index is -0.608. The van der Waals surface area contributed by atoms with Crippen LogP contribution in [0.2, 0.25) is 0 Å². The molecule has 1 aliphatic carbocycles. The third-order valence-electron chi connectivity index (χ3n) is 7.03. The van der Waals surface area contributed by atoms with Crippen LogP contribution in [0.3, 0.4) is 0 Å². The van der Waals surface area contributed by atoms with E-state index in [0.29, 0.717) is 30.8 Å². The first-order valence-corrected chi connectivity index (χ1v) is 11.3. The zero-order chi connectivity index (χ0) is 23.4.